The molecule has 108 heavy (non-hydrogen) atoms. The maximum Gasteiger partial charge on any atom is 0.306 e. The minimum absolute atomic E-state index is 0.0384. The van der Waals surface area contributed by atoms with Crippen molar-refractivity contribution in [3.8, 4) is 0 Å². The summed E-state index contributed by atoms with van der Waals surface area (Å²) >= 11 is 0. The summed E-state index contributed by atoms with van der Waals surface area (Å²) in [5, 5.41) is 12.1. The monoisotopic (exact) mass is 1550 g/mol. The number of rotatable bonds is 60. The van der Waals surface area contributed by atoms with E-state index in [9.17, 15) is 38.4 Å². The molecular formula is C80H144N4O24. The van der Waals surface area contributed by atoms with Gasteiger partial charge in [0.15, 0.2) is 18.9 Å². The number of nitrogens with one attached hydrogen (secondary N) is 4. The van der Waals surface area contributed by atoms with Crippen molar-refractivity contribution in [2.45, 2.75) is 274 Å². The minimum atomic E-state index is -1.10. The topological polar surface area (TPSA) is 332 Å². The van der Waals surface area contributed by atoms with Crippen molar-refractivity contribution >= 4 is 47.5 Å². The third kappa shape index (κ3) is 43.3. The van der Waals surface area contributed by atoms with Crippen LogP contribution in [-0.4, -0.2) is 234 Å². The SMILES string of the molecule is CC(=O)OCC1OC(OCCCCC(=O)NCCCOCCCOCC(COCCCOCCCNC(=O)CCCCOC2OC(COC(C)=O)C(C)C(C)C2C)(COCCCOCCCNC(=O)CCCCOC2OC(COC(C)=O)C(C)C(C)C2C)NC(=O)CCCCC(=O)OC(C)(C)C)C(C)C(C)C1C. The average molecular weight is 1550 g/mol. The molecule has 15 atom stereocenters. The van der Waals surface area contributed by atoms with E-state index in [1.807, 2.05) is 20.8 Å². The molecule has 3 aliphatic rings. The molecule has 3 saturated heterocycles. The van der Waals surface area contributed by atoms with Crippen molar-refractivity contribution in [3.63, 3.8) is 0 Å². The summed E-state index contributed by atoms with van der Waals surface area (Å²) in [5.41, 5.74) is -1.72. The lowest BCUT2D eigenvalue weighted by atomic mass is 9.79. The molecule has 0 saturated carbocycles. The summed E-state index contributed by atoms with van der Waals surface area (Å²) in [4.78, 5) is 98.6. The lowest BCUT2D eigenvalue weighted by molar-refractivity contribution is -0.255. The summed E-state index contributed by atoms with van der Waals surface area (Å²) in [6.45, 7) is 35.8. The van der Waals surface area contributed by atoms with E-state index in [0.717, 1.165) is 0 Å². The number of ether oxygens (including phenoxy) is 16. The zero-order valence-corrected chi connectivity index (χ0v) is 68.7. The van der Waals surface area contributed by atoms with Gasteiger partial charge in [-0.05, 0) is 146 Å². The van der Waals surface area contributed by atoms with Gasteiger partial charge in [0.1, 0.15) is 31.0 Å². The van der Waals surface area contributed by atoms with Crippen molar-refractivity contribution in [1.29, 1.82) is 0 Å². The Bertz CT molecular complexity index is 2270. The highest BCUT2D eigenvalue weighted by molar-refractivity contribution is 5.77. The van der Waals surface area contributed by atoms with Crippen LogP contribution in [0.3, 0.4) is 0 Å². The van der Waals surface area contributed by atoms with Crippen molar-refractivity contribution < 1.29 is 114 Å². The molecule has 3 aliphatic heterocycles. The molecular weight excluding hydrogens is 1400 g/mol. The number of hydrogen-bond donors (Lipinski definition) is 4. The molecule has 0 spiro atoms. The van der Waals surface area contributed by atoms with E-state index in [2.05, 4.69) is 83.6 Å². The molecule has 0 aromatic heterocycles. The highest BCUT2D eigenvalue weighted by Gasteiger charge is 2.43. The number of hydrogen-bond acceptors (Lipinski definition) is 24. The van der Waals surface area contributed by atoms with E-state index >= 15 is 0 Å². The molecule has 0 aliphatic carbocycles. The normalized spacial score (nSPS) is 24.9. The van der Waals surface area contributed by atoms with Crippen LogP contribution in [-0.2, 0) is 114 Å². The van der Waals surface area contributed by atoms with Gasteiger partial charge in [-0.15, -0.1) is 0 Å². The quantitative estimate of drug-likeness (QED) is 0.0250. The minimum Gasteiger partial charge on any atom is -0.463 e. The second-order valence-electron chi connectivity index (χ2n) is 31.0. The van der Waals surface area contributed by atoms with Gasteiger partial charge in [-0.3, -0.25) is 38.4 Å². The first-order valence-electron chi connectivity index (χ1n) is 40.5. The lowest BCUT2D eigenvalue weighted by Crippen LogP contribution is -2.58. The molecule has 0 aromatic carbocycles. The second-order valence-corrected chi connectivity index (χ2v) is 31.0. The number of esters is 4. The van der Waals surface area contributed by atoms with Crippen LogP contribution < -0.4 is 21.3 Å². The van der Waals surface area contributed by atoms with Crippen LogP contribution >= 0.6 is 0 Å². The molecule has 628 valence electrons. The Hall–Kier alpha value is -4.72. The number of carbonyl (C=O) groups excluding carboxylic acids is 8. The van der Waals surface area contributed by atoms with Gasteiger partial charge in [0.05, 0.1) is 38.1 Å². The molecule has 3 rings (SSSR count). The molecule has 0 bridgehead atoms. The summed E-state index contributed by atoms with van der Waals surface area (Å²) < 4.78 is 94.7. The second kappa shape index (κ2) is 56.5. The third-order valence-electron chi connectivity index (χ3n) is 20.6. The molecule has 4 N–H and O–H groups in total. The van der Waals surface area contributed by atoms with E-state index in [1.54, 1.807) is 0 Å². The van der Waals surface area contributed by atoms with Crippen LogP contribution in [0.1, 0.15) is 226 Å². The maximum atomic E-state index is 13.9. The Morgan fingerprint density at radius 3 is 0.898 bits per heavy atom. The maximum absolute atomic E-state index is 13.9. The van der Waals surface area contributed by atoms with Gasteiger partial charge in [0.25, 0.3) is 0 Å². The van der Waals surface area contributed by atoms with Crippen LogP contribution in [0.15, 0.2) is 0 Å². The molecule has 3 heterocycles. The first-order valence-corrected chi connectivity index (χ1v) is 40.5. The lowest BCUT2D eigenvalue weighted by Gasteiger charge is -2.43. The summed E-state index contributed by atoms with van der Waals surface area (Å²) in [6, 6.07) is 0. The average Bonchev–Trinajstić information content (AvgIpc) is 0.837. The first kappa shape index (κ1) is 97.5. The molecule has 4 amide bonds. The van der Waals surface area contributed by atoms with Crippen LogP contribution in [0, 0.1) is 53.3 Å². The molecule has 0 aromatic rings. The largest absolute Gasteiger partial charge is 0.463 e. The van der Waals surface area contributed by atoms with Gasteiger partial charge in [0, 0.05) is 170 Å². The Kier molecular flexibility index (Phi) is 51.0. The van der Waals surface area contributed by atoms with Crippen LogP contribution in [0.25, 0.3) is 0 Å². The van der Waals surface area contributed by atoms with Gasteiger partial charge in [-0.1, -0.05) is 62.3 Å². The van der Waals surface area contributed by atoms with Crippen LogP contribution in [0.2, 0.25) is 0 Å². The molecule has 3 fully saturated rings. The zero-order valence-electron chi connectivity index (χ0n) is 68.7. The van der Waals surface area contributed by atoms with Crippen LogP contribution in [0.4, 0.5) is 0 Å². The van der Waals surface area contributed by atoms with E-state index in [0.29, 0.717) is 226 Å². The molecule has 0 radical (unpaired) electrons. The van der Waals surface area contributed by atoms with E-state index in [-0.39, 0.29) is 154 Å². The van der Waals surface area contributed by atoms with Crippen molar-refractivity contribution in [2.24, 2.45) is 53.3 Å². The van der Waals surface area contributed by atoms with E-state index < -0.39 is 30.0 Å². The fourth-order valence-corrected chi connectivity index (χ4v) is 12.9. The van der Waals surface area contributed by atoms with E-state index in [1.165, 1.54) is 20.8 Å². The zero-order chi connectivity index (χ0) is 79.7. The predicted molar refractivity (Wildman–Crippen MR) is 405 cm³/mol. The third-order valence-corrected chi connectivity index (χ3v) is 20.6. The summed E-state index contributed by atoms with van der Waals surface area (Å²) in [7, 11) is 0. The standard InChI is InChI=1S/C80H144N4O24/c1-56-59(4)68(50-102-65(10)85)105-76(62(56)7)99-47-21-18-30-71(88)81-35-24-38-93-41-27-44-96-53-80(84-74(91)33-16-17-34-75(92)108-79(13,14)15,54-97-45-28-42-94-39-25-36-82-72(89)31-19-22-48-100-77-63(8)57(2)60(5)69(106-77)51-103-66(11)86)55-98-46-29-43-95-40-26-37-83-73(90)32-20-23-49-101-78-64(9)58(3)61(6)70(107-78)52-104-67(12)87/h56-64,68-70,76-78H,16-55H2,1-15H3,(H,81,88)(H,82,89)(H,83,90)(H,84,91). The summed E-state index contributed by atoms with van der Waals surface area (Å²) in [6.07, 6.45) is 8.05. The summed E-state index contributed by atoms with van der Waals surface area (Å²) in [5.74, 6) is 0.378. The van der Waals surface area contributed by atoms with Gasteiger partial charge in [-0.2, -0.15) is 0 Å². The number of carbonyl (C=O) groups is 8. The van der Waals surface area contributed by atoms with Gasteiger partial charge >= 0.3 is 23.9 Å². The molecule has 28 heteroatoms. The van der Waals surface area contributed by atoms with Crippen molar-refractivity contribution in [1.82, 2.24) is 21.3 Å². The molecule has 15 unspecified atom stereocenters. The highest BCUT2D eigenvalue weighted by atomic mass is 16.7. The van der Waals surface area contributed by atoms with Gasteiger partial charge in [-0.25, -0.2) is 0 Å². The number of unbranched alkanes of at least 4 members (excludes halogenated alkanes) is 4. The smallest absolute Gasteiger partial charge is 0.306 e. The van der Waals surface area contributed by atoms with E-state index in [4.69, 9.17) is 75.8 Å². The Labute approximate surface area is 646 Å². The Balaban J connectivity index is 1.47. The first-order chi connectivity index (χ1) is 51.5. The fraction of sp³-hybridized carbons (Fsp3) is 0.900. The Morgan fingerprint density at radius 2 is 0.593 bits per heavy atom. The highest BCUT2D eigenvalue weighted by Crippen LogP contribution is 2.38. The van der Waals surface area contributed by atoms with Gasteiger partial charge < -0.3 is 97.1 Å². The predicted octanol–water partition coefficient (Wildman–Crippen LogP) is 9.68. The van der Waals surface area contributed by atoms with Crippen LogP contribution in [0.5, 0.6) is 0 Å². The fourth-order valence-electron chi connectivity index (χ4n) is 12.9. The van der Waals surface area contributed by atoms with Crippen molar-refractivity contribution in [2.75, 3.05) is 139 Å². The Morgan fingerprint density at radius 1 is 0.315 bits per heavy atom. The van der Waals surface area contributed by atoms with Gasteiger partial charge in [0.2, 0.25) is 23.6 Å². The number of amides is 4. The van der Waals surface area contributed by atoms with Crippen molar-refractivity contribution in [3.05, 3.63) is 0 Å². The molecule has 28 nitrogen and oxygen atoms in total.